The van der Waals surface area contributed by atoms with E-state index in [0.717, 1.165) is 0 Å². The molecule has 0 bridgehead atoms. The van der Waals surface area contributed by atoms with Gasteiger partial charge in [-0.25, -0.2) is 8.42 Å². The first-order chi connectivity index (χ1) is 9.40. The predicted molar refractivity (Wildman–Crippen MR) is 73.0 cm³/mol. The van der Waals surface area contributed by atoms with Crippen LogP contribution in [0.15, 0.2) is 12.1 Å². The quantitative estimate of drug-likeness (QED) is 0.852. The molecule has 1 N–H and O–H groups in total. The first kappa shape index (κ1) is 14.9. The van der Waals surface area contributed by atoms with E-state index in [1.165, 1.54) is 13.4 Å². The summed E-state index contributed by atoms with van der Waals surface area (Å²) in [6, 6.07) is 3.37. The SMILES string of the molecule is COc1cc(C(O)CCCS(C)(=O)=O)cc2c1OCO2. The Bertz CT molecular complexity index is 581. The Morgan fingerprint density at radius 1 is 1.40 bits per heavy atom. The number of benzene rings is 1. The number of aliphatic hydroxyl groups excluding tert-OH is 1. The molecule has 0 saturated carbocycles. The lowest BCUT2D eigenvalue weighted by Crippen LogP contribution is -2.06. The summed E-state index contributed by atoms with van der Waals surface area (Å²) in [5, 5.41) is 10.1. The zero-order chi connectivity index (χ0) is 14.8. The van der Waals surface area contributed by atoms with Gasteiger partial charge in [0.05, 0.1) is 13.2 Å². The molecular formula is C13H18O6S. The fourth-order valence-corrected chi connectivity index (χ4v) is 2.74. The number of hydrogen-bond donors (Lipinski definition) is 1. The molecule has 6 nitrogen and oxygen atoms in total. The second-order valence-corrected chi connectivity index (χ2v) is 7.00. The van der Waals surface area contributed by atoms with Crippen molar-refractivity contribution in [1.29, 1.82) is 0 Å². The third-order valence-electron chi connectivity index (χ3n) is 3.06. The van der Waals surface area contributed by atoms with Crippen molar-refractivity contribution in [2.75, 3.05) is 25.9 Å². The Hall–Kier alpha value is -1.47. The van der Waals surface area contributed by atoms with Gasteiger partial charge in [-0.2, -0.15) is 0 Å². The second kappa shape index (κ2) is 5.88. The molecule has 0 aliphatic carbocycles. The Morgan fingerprint density at radius 2 is 2.15 bits per heavy atom. The summed E-state index contributed by atoms with van der Waals surface area (Å²) in [7, 11) is -1.49. The van der Waals surface area contributed by atoms with Crippen LogP contribution < -0.4 is 14.2 Å². The van der Waals surface area contributed by atoms with E-state index in [1.54, 1.807) is 12.1 Å². The normalized spacial score (nSPS) is 15.2. The number of methoxy groups -OCH3 is 1. The van der Waals surface area contributed by atoms with Crippen LogP contribution in [0.3, 0.4) is 0 Å². The highest BCUT2D eigenvalue weighted by molar-refractivity contribution is 7.90. The molecule has 2 rings (SSSR count). The van der Waals surface area contributed by atoms with Gasteiger partial charge in [-0.3, -0.25) is 0 Å². The molecule has 1 aliphatic rings. The third-order valence-corrected chi connectivity index (χ3v) is 4.09. The van der Waals surface area contributed by atoms with Crippen molar-refractivity contribution in [2.24, 2.45) is 0 Å². The Labute approximate surface area is 118 Å². The van der Waals surface area contributed by atoms with Crippen molar-refractivity contribution < 1.29 is 27.7 Å². The average Bonchev–Trinajstić information content (AvgIpc) is 2.83. The third kappa shape index (κ3) is 3.55. The van der Waals surface area contributed by atoms with Crippen molar-refractivity contribution in [3.05, 3.63) is 17.7 Å². The number of rotatable bonds is 6. The maximum Gasteiger partial charge on any atom is 0.231 e. The molecule has 0 saturated heterocycles. The van der Waals surface area contributed by atoms with E-state index >= 15 is 0 Å². The first-order valence-electron chi connectivity index (χ1n) is 6.24. The van der Waals surface area contributed by atoms with Crippen LogP contribution in [0.1, 0.15) is 24.5 Å². The lowest BCUT2D eigenvalue weighted by Gasteiger charge is -2.13. The molecule has 112 valence electrons. The van der Waals surface area contributed by atoms with Gasteiger partial charge in [0.15, 0.2) is 11.5 Å². The smallest absolute Gasteiger partial charge is 0.231 e. The monoisotopic (exact) mass is 302 g/mol. The molecule has 1 aliphatic heterocycles. The Morgan fingerprint density at radius 3 is 2.80 bits per heavy atom. The molecule has 0 amide bonds. The molecule has 1 atom stereocenters. The highest BCUT2D eigenvalue weighted by atomic mass is 32.2. The molecule has 7 heteroatoms. The molecule has 0 spiro atoms. The molecular weight excluding hydrogens is 284 g/mol. The van der Waals surface area contributed by atoms with Crippen LogP contribution in [0.4, 0.5) is 0 Å². The summed E-state index contributed by atoms with van der Waals surface area (Å²) in [6.45, 7) is 0.124. The van der Waals surface area contributed by atoms with Crippen LogP contribution in [0.5, 0.6) is 17.2 Å². The van der Waals surface area contributed by atoms with E-state index in [4.69, 9.17) is 14.2 Å². The summed E-state index contributed by atoms with van der Waals surface area (Å²) in [6.07, 6.45) is 1.18. The van der Waals surface area contributed by atoms with Crippen molar-refractivity contribution in [1.82, 2.24) is 0 Å². The molecule has 1 aromatic carbocycles. The number of aliphatic hydroxyl groups is 1. The average molecular weight is 302 g/mol. The zero-order valence-electron chi connectivity index (χ0n) is 11.5. The van der Waals surface area contributed by atoms with Crippen LogP contribution >= 0.6 is 0 Å². The summed E-state index contributed by atoms with van der Waals surface area (Å²) >= 11 is 0. The van der Waals surface area contributed by atoms with E-state index in [0.29, 0.717) is 35.7 Å². The van der Waals surface area contributed by atoms with Crippen molar-refractivity contribution in [3.63, 3.8) is 0 Å². The van der Waals surface area contributed by atoms with Crippen LogP contribution in [0, 0.1) is 0 Å². The van der Waals surface area contributed by atoms with E-state index in [1.807, 2.05) is 0 Å². The molecule has 20 heavy (non-hydrogen) atoms. The van der Waals surface area contributed by atoms with Crippen LogP contribution in [0.2, 0.25) is 0 Å². The molecule has 1 heterocycles. The van der Waals surface area contributed by atoms with Gasteiger partial charge in [-0.1, -0.05) is 0 Å². The number of fused-ring (bicyclic) bond motifs is 1. The Kier molecular flexibility index (Phi) is 4.39. The lowest BCUT2D eigenvalue weighted by atomic mass is 10.0. The van der Waals surface area contributed by atoms with Gasteiger partial charge in [0, 0.05) is 12.0 Å². The summed E-state index contributed by atoms with van der Waals surface area (Å²) < 4.78 is 37.9. The number of ether oxygens (including phenoxy) is 3. The molecule has 1 unspecified atom stereocenters. The zero-order valence-corrected chi connectivity index (χ0v) is 12.3. The highest BCUT2D eigenvalue weighted by Crippen LogP contribution is 2.43. The maximum absolute atomic E-state index is 11.1. The van der Waals surface area contributed by atoms with E-state index in [-0.39, 0.29) is 12.5 Å². The largest absolute Gasteiger partial charge is 0.493 e. The fraction of sp³-hybridized carbons (Fsp3) is 0.538. The maximum atomic E-state index is 11.1. The lowest BCUT2D eigenvalue weighted by molar-refractivity contribution is 0.165. The van der Waals surface area contributed by atoms with E-state index in [9.17, 15) is 13.5 Å². The van der Waals surface area contributed by atoms with Gasteiger partial charge < -0.3 is 19.3 Å². The molecule has 0 aromatic heterocycles. The summed E-state index contributed by atoms with van der Waals surface area (Å²) in [4.78, 5) is 0. The van der Waals surface area contributed by atoms with Gasteiger partial charge in [0.2, 0.25) is 12.5 Å². The van der Waals surface area contributed by atoms with Crippen molar-refractivity contribution in [2.45, 2.75) is 18.9 Å². The topological polar surface area (TPSA) is 82.1 Å². The molecule has 0 fully saturated rings. The van der Waals surface area contributed by atoms with E-state index in [2.05, 4.69) is 0 Å². The number of hydrogen-bond acceptors (Lipinski definition) is 6. The minimum absolute atomic E-state index is 0.0613. The Balaban J connectivity index is 2.08. The van der Waals surface area contributed by atoms with Gasteiger partial charge in [-0.05, 0) is 30.5 Å². The van der Waals surface area contributed by atoms with Crippen molar-refractivity contribution in [3.8, 4) is 17.2 Å². The first-order valence-corrected chi connectivity index (χ1v) is 8.30. The van der Waals surface area contributed by atoms with Crippen molar-refractivity contribution >= 4 is 9.84 Å². The summed E-state index contributed by atoms with van der Waals surface area (Å²) in [5.41, 5.74) is 0.625. The number of sulfone groups is 1. The van der Waals surface area contributed by atoms with Gasteiger partial charge in [-0.15, -0.1) is 0 Å². The van der Waals surface area contributed by atoms with Gasteiger partial charge in [0.25, 0.3) is 0 Å². The predicted octanol–water partition coefficient (Wildman–Crippen LogP) is 1.28. The van der Waals surface area contributed by atoms with Crippen LogP contribution in [-0.4, -0.2) is 39.4 Å². The second-order valence-electron chi connectivity index (χ2n) is 4.74. The molecule has 1 aromatic rings. The minimum atomic E-state index is -3.00. The van der Waals surface area contributed by atoms with Crippen LogP contribution in [-0.2, 0) is 9.84 Å². The standard InChI is InChI=1S/C13H18O6S/c1-17-11-6-9(7-12-13(11)19-8-18-12)10(14)4-3-5-20(2,15)16/h6-7,10,14H,3-5,8H2,1-2H3. The van der Waals surface area contributed by atoms with Gasteiger partial charge in [0.1, 0.15) is 9.84 Å². The van der Waals surface area contributed by atoms with E-state index < -0.39 is 15.9 Å². The highest BCUT2D eigenvalue weighted by Gasteiger charge is 2.22. The van der Waals surface area contributed by atoms with Gasteiger partial charge >= 0.3 is 0 Å². The fourth-order valence-electron chi connectivity index (χ4n) is 2.05. The summed E-state index contributed by atoms with van der Waals surface area (Å²) in [5.74, 6) is 1.62. The van der Waals surface area contributed by atoms with Crippen LogP contribution in [0.25, 0.3) is 0 Å². The minimum Gasteiger partial charge on any atom is -0.493 e. The molecule has 0 radical (unpaired) electrons.